The average molecular weight is 363 g/mol. The highest BCUT2D eigenvalue weighted by Gasteiger charge is 2.27. The average Bonchev–Trinajstić information content (AvgIpc) is 3.28. The third-order valence-electron chi connectivity index (χ3n) is 5.00. The predicted octanol–water partition coefficient (Wildman–Crippen LogP) is 2.86. The molecule has 140 valence electrons. The predicted molar refractivity (Wildman–Crippen MR) is 105 cm³/mol. The van der Waals surface area contributed by atoms with Crippen LogP contribution >= 0.6 is 0 Å². The zero-order chi connectivity index (χ0) is 18.8. The van der Waals surface area contributed by atoms with Crippen LogP contribution in [0, 0.1) is 0 Å². The fraction of sp³-hybridized carbons (Fsp3) is 0.381. The van der Waals surface area contributed by atoms with E-state index >= 15 is 0 Å². The highest BCUT2D eigenvalue weighted by Crippen LogP contribution is 2.27. The molecule has 0 bridgehead atoms. The first-order valence-electron chi connectivity index (χ1n) is 9.52. The zero-order valence-electron chi connectivity index (χ0n) is 15.8. The summed E-state index contributed by atoms with van der Waals surface area (Å²) in [4.78, 5) is 14.8. The maximum Gasteiger partial charge on any atom is 0.252 e. The van der Waals surface area contributed by atoms with Gasteiger partial charge in [-0.25, -0.2) is 0 Å². The molecule has 6 heteroatoms. The van der Waals surface area contributed by atoms with Gasteiger partial charge in [0, 0.05) is 31.2 Å². The van der Waals surface area contributed by atoms with E-state index in [0.717, 1.165) is 37.5 Å². The summed E-state index contributed by atoms with van der Waals surface area (Å²) in [6.45, 7) is 6.87. The minimum Gasteiger partial charge on any atom is -0.350 e. The molecule has 1 aliphatic heterocycles. The fourth-order valence-corrected chi connectivity index (χ4v) is 3.70. The highest BCUT2D eigenvalue weighted by atomic mass is 16.1. The standard InChI is InChI=1S/C21H25N5O/c1-15(2)22-21(27)18-8-9-19-23-24-20(26(19)14-18)17-10-11-25(13-17)12-16-6-4-3-5-7-16/h3-9,14-15,17H,10-13H2,1-2H3,(H,22,27)/t17-/m0/s1. The number of aromatic nitrogens is 3. The van der Waals surface area contributed by atoms with Crippen molar-refractivity contribution in [1.29, 1.82) is 0 Å². The van der Waals surface area contributed by atoms with E-state index in [0.29, 0.717) is 11.5 Å². The highest BCUT2D eigenvalue weighted by molar-refractivity contribution is 5.94. The fourth-order valence-electron chi connectivity index (χ4n) is 3.70. The second kappa shape index (κ2) is 7.48. The van der Waals surface area contributed by atoms with Crippen LogP contribution in [0.2, 0.25) is 0 Å². The number of nitrogens with one attached hydrogen (secondary N) is 1. The second-order valence-corrected chi connectivity index (χ2v) is 7.54. The third-order valence-corrected chi connectivity index (χ3v) is 5.00. The molecule has 1 N–H and O–H groups in total. The molecule has 1 saturated heterocycles. The first kappa shape index (κ1) is 17.7. The molecule has 1 atom stereocenters. The molecule has 3 heterocycles. The zero-order valence-corrected chi connectivity index (χ0v) is 15.8. The Kier molecular flexibility index (Phi) is 4.90. The van der Waals surface area contributed by atoms with Gasteiger partial charge in [0.15, 0.2) is 5.65 Å². The lowest BCUT2D eigenvalue weighted by atomic mass is 10.1. The van der Waals surface area contributed by atoms with Crippen LogP contribution in [0.15, 0.2) is 48.7 Å². The molecule has 2 aromatic heterocycles. The molecule has 3 aromatic rings. The van der Waals surface area contributed by atoms with Crippen LogP contribution in [0.5, 0.6) is 0 Å². The number of amides is 1. The summed E-state index contributed by atoms with van der Waals surface area (Å²) in [6.07, 6.45) is 2.91. The summed E-state index contributed by atoms with van der Waals surface area (Å²) in [6, 6.07) is 14.3. The number of nitrogens with zero attached hydrogens (tertiary/aromatic N) is 4. The van der Waals surface area contributed by atoms with Crippen molar-refractivity contribution in [2.45, 2.75) is 38.8 Å². The van der Waals surface area contributed by atoms with E-state index in [1.807, 2.05) is 42.6 Å². The Bertz CT molecular complexity index is 934. The van der Waals surface area contributed by atoms with Gasteiger partial charge in [0.2, 0.25) is 0 Å². The third kappa shape index (κ3) is 3.85. The summed E-state index contributed by atoms with van der Waals surface area (Å²) in [5.74, 6) is 1.20. The molecule has 0 aliphatic carbocycles. The van der Waals surface area contributed by atoms with Gasteiger partial charge in [-0.15, -0.1) is 10.2 Å². The van der Waals surface area contributed by atoms with E-state index in [9.17, 15) is 4.79 Å². The van der Waals surface area contributed by atoms with E-state index in [1.54, 1.807) is 0 Å². The number of pyridine rings is 1. The van der Waals surface area contributed by atoms with Crippen molar-refractivity contribution in [3.05, 3.63) is 65.6 Å². The molecular formula is C21H25N5O. The van der Waals surface area contributed by atoms with Crippen LogP contribution in [0.4, 0.5) is 0 Å². The molecule has 1 fully saturated rings. The van der Waals surface area contributed by atoms with Gasteiger partial charge in [0.05, 0.1) is 5.56 Å². The Balaban J connectivity index is 1.52. The minimum atomic E-state index is -0.0660. The lowest BCUT2D eigenvalue weighted by molar-refractivity contribution is 0.0942. The lowest BCUT2D eigenvalue weighted by Gasteiger charge is -2.15. The first-order valence-corrected chi connectivity index (χ1v) is 9.52. The van der Waals surface area contributed by atoms with Crippen molar-refractivity contribution in [3.8, 4) is 0 Å². The second-order valence-electron chi connectivity index (χ2n) is 7.54. The lowest BCUT2D eigenvalue weighted by Crippen LogP contribution is -2.30. The molecule has 6 nitrogen and oxygen atoms in total. The van der Waals surface area contributed by atoms with Gasteiger partial charge in [0.25, 0.3) is 5.91 Å². The number of hydrogen-bond donors (Lipinski definition) is 1. The van der Waals surface area contributed by atoms with Crippen LogP contribution in [0.1, 0.15) is 47.9 Å². The maximum atomic E-state index is 12.3. The van der Waals surface area contributed by atoms with Gasteiger partial charge in [-0.2, -0.15) is 0 Å². The summed E-state index contributed by atoms with van der Waals surface area (Å²) in [7, 11) is 0. The van der Waals surface area contributed by atoms with Crippen LogP contribution in [0.3, 0.4) is 0 Å². The van der Waals surface area contributed by atoms with Crippen LogP contribution < -0.4 is 5.32 Å². The van der Waals surface area contributed by atoms with Gasteiger partial charge >= 0.3 is 0 Å². The molecule has 4 rings (SSSR count). The van der Waals surface area contributed by atoms with Crippen LogP contribution in [-0.2, 0) is 6.54 Å². The molecule has 0 unspecified atom stereocenters. The summed E-state index contributed by atoms with van der Waals surface area (Å²) in [5.41, 5.74) is 2.75. The van der Waals surface area contributed by atoms with E-state index in [-0.39, 0.29) is 11.9 Å². The van der Waals surface area contributed by atoms with Crippen molar-refractivity contribution in [1.82, 2.24) is 24.8 Å². The van der Waals surface area contributed by atoms with E-state index in [4.69, 9.17) is 0 Å². The minimum absolute atomic E-state index is 0.0660. The Hall–Kier alpha value is -2.73. The number of carbonyl (C=O) groups excluding carboxylic acids is 1. The molecule has 0 spiro atoms. The van der Waals surface area contributed by atoms with Gasteiger partial charge in [-0.05, 0) is 44.5 Å². The summed E-state index contributed by atoms with van der Waals surface area (Å²) in [5, 5.41) is 11.7. The Morgan fingerprint density at radius 1 is 1.19 bits per heavy atom. The Morgan fingerprint density at radius 3 is 2.78 bits per heavy atom. The molecule has 0 saturated carbocycles. The molecule has 27 heavy (non-hydrogen) atoms. The van der Waals surface area contributed by atoms with E-state index in [1.165, 1.54) is 5.56 Å². The Morgan fingerprint density at radius 2 is 2.00 bits per heavy atom. The largest absolute Gasteiger partial charge is 0.350 e. The Labute approximate surface area is 159 Å². The van der Waals surface area contributed by atoms with Gasteiger partial charge in [-0.3, -0.25) is 14.1 Å². The normalized spacial score (nSPS) is 17.7. The number of benzene rings is 1. The molecular weight excluding hydrogens is 338 g/mol. The van der Waals surface area contributed by atoms with Gasteiger partial charge in [-0.1, -0.05) is 30.3 Å². The molecule has 1 aliphatic rings. The van der Waals surface area contributed by atoms with Crippen molar-refractivity contribution in [3.63, 3.8) is 0 Å². The smallest absolute Gasteiger partial charge is 0.252 e. The number of rotatable bonds is 5. The SMILES string of the molecule is CC(C)NC(=O)c1ccc2nnc([C@H]3CCN(Cc4ccccc4)C3)n2c1. The quantitative estimate of drug-likeness (QED) is 0.757. The number of fused-ring (bicyclic) bond motifs is 1. The number of hydrogen-bond acceptors (Lipinski definition) is 4. The summed E-state index contributed by atoms with van der Waals surface area (Å²) < 4.78 is 1.98. The first-order chi connectivity index (χ1) is 13.1. The molecule has 1 aromatic carbocycles. The molecule has 0 radical (unpaired) electrons. The number of carbonyl (C=O) groups is 1. The van der Waals surface area contributed by atoms with Gasteiger partial charge in [0.1, 0.15) is 5.82 Å². The topological polar surface area (TPSA) is 62.5 Å². The van der Waals surface area contributed by atoms with E-state index < -0.39 is 0 Å². The van der Waals surface area contributed by atoms with Crippen molar-refractivity contribution < 1.29 is 4.79 Å². The maximum absolute atomic E-state index is 12.3. The van der Waals surface area contributed by atoms with Gasteiger partial charge < -0.3 is 5.32 Å². The van der Waals surface area contributed by atoms with Crippen LogP contribution in [-0.4, -0.2) is 44.5 Å². The van der Waals surface area contributed by atoms with Crippen molar-refractivity contribution in [2.75, 3.05) is 13.1 Å². The van der Waals surface area contributed by atoms with E-state index in [2.05, 4.69) is 44.7 Å². The van der Waals surface area contributed by atoms with Crippen molar-refractivity contribution >= 4 is 11.6 Å². The van der Waals surface area contributed by atoms with Crippen LogP contribution in [0.25, 0.3) is 5.65 Å². The summed E-state index contributed by atoms with van der Waals surface area (Å²) >= 11 is 0. The monoisotopic (exact) mass is 363 g/mol. The van der Waals surface area contributed by atoms with Crippen molar-refractivity contribution in [2.24, 2.45) is 0 Å². The molecule has 1 amide bonds. The number of likely N-dealkylation sites (tertiary alicyclic amines) is 1.